The van der Waals surface area contributed by atoms with Crippen LogP contribution >= 0.6 is 0 Å². The Kier molecular flexibility index (Phi) is 2.45. The summed E-state index contributed by atoms with van der Waals surface area (Å²) < 4.78 is 38.5. The van der Waals surface area contributed by atoms with Gasteiger partial charge in [0.1, 0.15) is 11.5 Å². The summed E-state index contributed by atoms with van der Waals surface area (Å²) in [4.78, 5) is 0. The van der Waals surface area contributed by atoms with Gasteiger partial charge in [-0.3, -0.25) is 0 Å². The lowest BCUT2D eigenvalue weighted by molar-refractivity contribution is 0.145. The molecule has 0 saturated carbocycles. The number of benzene rings is 1. The Morgan fingerprint density at radius 3 is 2.60 bits per heavy atom. The van der Waals surface area contributed by atoms with E-state index in [1.165, 1.54) is 35.1 Å². The van der Waals surface area contributed by atoms with Crippen molar-refractivity contribution in [1.29, 1.82) is 0 Å². The van der Waals surface area contributed by atoms with Gasteiger partial charge in [-0.25, -0.2) is 17.9 Å². The van der Waals surface area contributed by atoms with Crippen LogP contribution in [0.15, 0.2) is 36.5 Å². The topological polar surface area (TPSA) is 17.8 Å². The van der Waals surface area contributed by atoms with Crippen molar-refractivity contribution >= 4 is 0 Å². The van der Waals surface area contributed by atoms with E-state index < -0.39 is 12.2 Å². The van der Waals surface area contributed by atoms with Gasteiger partial charge in [-0.1, -0.05) is 6.07 Å². The minimum atomic E-state index is -2.61. The van der Waals surface area contributed by atoms with E-state index in [1.54, 1.807) is 6.07 Å². The Balaban J connectivity index is 2.37. The van der Waals surface area contributed by atoms with Crippen molar-refractivity contribution in [3.63, 3.8) is 0 Å². The van der Waals surface area contributed by atoms with Gasteiger partial charge in [-0.05, 0) is 24.3 Å². The molecule has 0 aliphatic heterocycles. The summed E-state index contributed by atoms with van der Waals surface area (Å²) in [6.45, 7) is 0. The quantitative estimate of drug-likeness (QED) is 0.748. The summed E-state index contributed by atoms with van der Waals surface area (Å²) in [5.74, 6) is -0.429. The minimum Gasteiger partial charge on any atom is -0.240 e. The first-order chi connectivity index (χ1) is 7.16. The average molecular weight is 212 g/mol. The molecule has 2 nitrogen and oxygen atoms in total. The summed E-state index contributed by atoms with van der Waals surface area (Å²) in [7, 11) is 0. The molecule has 5 heteroatoms. The molecule has 0 aliphatic rings. The largest absolute Gasteiger partial charge is 0.282 e. The molecule has 2 aromatic rings. The molecule has 1 aromatic heterocycles. The lowest BCUT2D eigenvalue weighted by atomic mass is 10.3. The molecule has 15 heavy (non-hydrogen) atoms. The number of halogens is 3. The van der Waals surface area contributed by atoms with E-state index in [1.807, 2.05) is 0 Å². The fourth-order valence-electron chi connectivity index (χ4n) is 1.22. The molecule has 0 spiro atoms. The van der Waals surface area contributed by atoms with Crippen LogP contribution in [0.5, 0.6) is 0 Å². The number of rotatable bonds is 2. The normalized spacial score (nSPS) is 10.9. The maximum absolute atomic E-state index is 12.8. The van der Waals surface area contributed by atoms with Crippen LogP contribution in [0, 0.1) is 5.82 Å². The third-order valence-corrected chi connectivity index (χ3v) is 1.91. The molecule has 2 rings (SSSR count). The van der Waals surface area contributed by atoms with Crippen LogP contribution in [0.25, 0.3) is 5.69 Å². The van der Waals surface area contributed by atoms with E-state index in [2.05, 4.69) is 5.10 Å². The van der Waals surface area contributed by atoms with Crippen molar-refractivity contribution in [2.45, 2.75) is 6.43 Å². The molecule has 0 unspecified atom stereocenters. The zero-order valence-corrected chi connectivity index (χ0v) is 7.57. The van der Waals surface area contributed by atoms with Gasteiger partial charge in [0.25, 0.3) is 6.43 Å². The molecule has 0 radical (unpaired) electrons. The summed E-state index contributed by atoms with van der Waals surface area (Å²) in [5.41, 5.74) is 0.0983. The first kappa shape index (κ1) is 9.76. The third kappa shape index (κ3) is 2.01. The van der Waals surface area contributed by atoms with Gasteiger partial charge in [-0.15, -0.1) is 0 Å². The Bertz CT molecular complexity index is 465. The van der Waals surface area contributed by atoms with Crippen molar-refractivity contribution in [3.8, 4) is 5.69 Å². The SMILES string of the molecule is Fc1cccc(-n2ccc(C(F)F)n2)c1. The monoisotopic (exact) mass is 212 g/mol. The maximum atomic E-state index is 12.8. The van der Waals surface area contributed by atoms with Crippen molar-refractivity contribution in [2.24, 2.45) is 0 Å². The van der Waals surface area contributed by atoms with Gasteiger partial charge in [-0.2, -0.15) is 5.10 Å². The molecule has 0 amide bonds. The van der Waals surface area contributed by atoms with Crippen LogP contribution in [0.2, 0.25) is 0 Å². The predicted molar refractivity (Wildman–Crippen MR) is 48.5 cm³/mol. The van der Waals surface area contributed by atoms with Crippen LogP contribution in [0.1, 0.15) is 12.1 Å². The van der Waals surface area contributed by atoms with E-state index in [9.17, 15) is 13.2 Å². The molecule has 0 fully saturated rings. The third-order valence-electron chi connectivity index (χ3n) is 1.91. The van der Waals surface area contributed by atoms with Crippen LogP contribution in [-0.2, 0) is 0 Å². The van der Waals surface area contributed by atoms with Crippen molar-refractivity contribution in [1.82, 2.24) is 9.78 Å². The summed E-state index contributed by atoms with van der Waals surface area (Å²) in [5, 5.41) is 3.62. The summed E-state index contributed by atoms with van der Waals surface area (Å²) in [6, 6.07) is 6.79. The first-order valence-corrected chi connectivity index (χ1v) is 4.26. The highest BCUT2D eigenvalue weighted by atomic mass is 19.3. The van der Waals surface area contributed by atoms with Crippen molar-refractivity contribution in [2.75, 3.05) is 0 Å². The van der Waals surface area contributed by atoms with Gasteiger partial charge >= 0.3 is 0 Å². The van der Waals surface area contributed by atoms with Gasteiger partial charge in [0.05, 0.1) is 5.69 Å². The number of nitrogens with zero attached hydrogens (tertiary/aromatic N) is 2. The van der Waals surface area contributed by atoms with Crippen LogP contribution in [0.3, 0.4) is 0 Å². The van der Waals surface area contributed by atoms with Gasteiger partial charge < -0.3 is 0 Å². The Morgan fingerprint density at radius 1 is 1.20 bits per heavy atom. The highest BCUT2D eigenvalue weighted by Gasteiger charge is 2.10. The summed E-state index contributed by atoms with van der Waals surface area (Å²) >= 11 is 0. The van der Waals surface area contributed by atoms with Crippen LogP contribution < -0.4 is 0 Å². The van der Waals surface area contributed by atoms with E-state index in [0.717, 1.165) is 0 Å². The lowest BCUT2D eigenvalue weighted by Crippen LogP contribution is -1.96. The van der Waals surface area contributed by atoms with Crippen molar-refractivity contribution in [3.05, 3.63) is 48.0 Å². The molecule has 0 bridgehead atoms. The second-order valence-corrected chi connectivity index (χ2v) is 2.97. The molecule has 1 aromatic carbocycles. The number of hydrogen-bond donors (Lipinski definition) is 0. The Morgan fingerprint density at radius 2 is 2.00 bits per heavy atom. The maximum Gasteiger partial charge on any atom is 0.282 e. The van der Waals surface area contributed by atoms with Crippen LogP contribution in [-0.4, -0.2) is 9.78 Å². The molecule has 78 valence electrons. The molecular formula is C10H7F3N2. The smallest absolute Gasteiger partial charge is 0.240 e. The van der Waals surface area contributed by atoms with Gasteiger partial charge in [0, 0.05) is 6.20 Å². The Labute approximate surface area is 84.0 Å². The highest BCUT2D eigenvalue weighted by Crippen LogP contribution is 2.17. The van der Waals surface area contributed by atoms with E-state index in [0.29, 0.717) is 5.69 Å². The van der Waals surface area contributed by atoms with Crippen molar-refractivity contribution < 1.29 is 13.2 Å². The van der Waals surface area contributed by atoms with E-state index in [-0.39, 0.29) is 5.69 Å². The second kappa shape index (κ2) is 3.76. The first-order valence-electron chi connectivity index (χ1n) is 4.26. The standard InChI is InChI=1S/C10H7F3N2/c11-7-2-1-3-8(6-7)15-5-4-9(14-15)10(12)13/h1-6,10H. The molecule has 1 heterocycles. The van der Waals surface area contributed by atoms with E-state index in [4.69, 9.17) is 0 Å². The number of aromatic nitrogens is 2. The molecular weight excluding hydrogens is 205 g/mol. The predicted octanol–water partition coefficient (Wildman–Crippen LogP) is 2.95. The second-order valence-electron chi connectivity index (χ2n) is 2.97. The average Bonchev–Trinajstić information content (AvgIpc) is 2.66. The van der Waals surface area contributed by atoms with Gasteiger partial charge in [0.2, 0.25) is 0 Å². The highest BCUT2D eigenvalue weighted by molar-refractivity contribution is 5.31. The van der Waals surface area contributed by atoms with E-state index >= 15 is 0 Å². The number of hydrogen-bond acceptors (Lipinski definition) is 1. The fraction of sp³-hybridized carbons (Fsp3) is 0.100. The zero-order valence-electron chi connectivity index (χ0n) is 7.57. The summed E-state index contributed by atoms with van der Waals surface area (Å²) in [6.07, 6.45) is -1.24. The fourth-order valence-corrected chi connectivity index (χ4v) is 1.22. The number of alkyl halides is 2. The zero-order chi connectivity index (χ0) is 10.8. The molecule has 0 N–H and O–H groups in total. The molecule has 0 aliphatic carbocycles. The lowest BCUT2D eigenvalue weighted by Gasteiger charge is -2.00. The molecule has 0 saturated heterocycles. The molecule has 0 atom stereocenters. The Hall–Kier alpha value is -1.78. The minimum absolute atomic E-state index is 0.320. The van der Waals surface area contributed by atoms with Crippen LogP contribution in [0.4, 0.5) is 13.2 Å². The van der Waals surface area contributed by atoms with Gasteiger partial charge in [0.15, 0.2) is 0 Å².